The summed E-state index contributed by atoms with van der Waals surface area (Å²) in [4.78, 5) is 12.3. The summed E-state index contributed by atoms with van der Waals surface area (Å²) in [6.07, 6.45) is 0.231. The average Bonchev–Trinajstić information content (AvgIpc) is 2.47. The average molecular weight is 301 g/mol. The third-order valence-corrected chi connectivity index (χ3v) is 3.56. The van der Waals surface area contributed by atoms with Gasteiger partial charge in [0.1, 0.15) is 11.6 Å². The number of ether oxygens (including phenoxy) is 1. The summed E-state index contributed by atoms with van der Waals surface area (Å²) in [5, 5.41) is 2.97. The highest BCUT2D eigenvalue weighted by molar-refractivity contribution is 5.80. The molecular formula is C18H20FNO2. The van der Waals surface area contributed by atoms with Crippen LogP contribution in [0.25, 0.3) is 0 Å². The predicted octanol–water partition coefficient (Wildman–Crippen LogP) is 3.43. The molecule has 1 amide bonds. The van der Waals surface area contributed by atoms with E-state index in [0.717, 1.165) is 11.1 Å². The monoisotopic (exact) mass is 301 g/mol. The van der Waals surface area contributed by atoms with Gasteiger partial charge in [-0.15, -0.1) is 0 Å². The lowest BCUT2D eigenvalue weighted by molar-refractivity contribution is -0.122. The van der Waals surface area contributed by atoms with Gasteiger partial charge in [-0.25, -0.2) is 4.39 Å². The zero-order valence-electron chi connectivity index (χ0n) is 13.0. The summed E-state index contributed by atoms with van der Waals surface area (Å²) in [6, 6.07) is 13.6. The summed E-state index contributed by atoms with van der Waals surface area (Å²) < 4.78 is 18.3. The second-order valence-corrected chi connectivity index (χ2v) is 5.67. The highest BCUT2D eigenvalue weighted by atomic mass is 19.1. The molecule has 0 aliphatic rings. The van der Waals surface area contributed by atoms with E-state index in [9.17, 15) is 9.18 Å². The van der Waals surface area contributed by atoms with Gasteiger partial charge in [0.2, 0.25) is 5.91 Å². The first-order chi connectivity index (χ1) is 10.4. The number of carbonyl (C=O) groups excluding carboxylic acids is 1. The molecule has 1 N–H and O–H groups in total. The lowest BCUT2D eigenvalue weighted by Gasteiger charge is -2.27. The van der Waals surface area contributed by atoms with E-state index in [1.165, 1.54) is 12.1 Å². The molecular weight excluding hydrogens is 281 g/mol. The highest BCUT2D eigenvalue weighted by Gasteiger charge is 2.23. The molecule has 0 aliphatic carbocycles. The molecule has 0 bridgehead atoms. The number of benzene rings is 2. The van der Waals surface area contributed by atoms with Crippen LogP contribution in [0.3, 0.4) is 0 Å². The van der Waals surface area contributed by atoms with Crippen LogP contribution in [0, 0.1) is 5.82 Å². The van der Waals surface area contributed by atoms with Crippen molar-refractivity contribution in [3.05, 3.63) is 65.5 Å². The van der Waals surface area contributed by atoms with Crippen molar-refractivity contribution in [1.82, 2.24) is 5.32 Å². The molecule has 0 saturated carbocycles. The number of hydrogen-bond acceptors (Lipinski definition) is 2. The molecule has 0 heterocycles. The molecule has 0 unspecified atom stereocenters. The fourth-order valence-corrected chi connectivity index (χ4v) is 2.35. The van der Waals surface area contributed by atoms with Gasteiger partial charge >= 0.3 is 0 Å². The second-order valence-electron chi connectivity index (χ2n) is 5.67. The maximum absolute atomic E-state index is 13.0. The highest BCUT2D eigenvalue weighted by Crippen LogP contribution is 2.22. The van der Waals surface area contributed by atoms with E-state index in [-0.39, 0.29) is 18.1 Å². The number of halogens is 1. The van der Waals surface area contributed by atoms with E-state index in [4.69, 9.17) is 4.74 Å². The summed E-state index contributed by atoms with van der Waals surface area (Å²) in [6.45, 7) is 3.78. The quantitative estimate of drug-likeness (QED) is 0.919. The fourth-order valence-electron chi connectivity index (χ4n) is 2.35. The van der Waals surface area contributed by atoms with Gasteiger partial charge < -0.3 is 10.1 Å². The van der Waals surface area contributed by atoms with Gasteiger partial charge in [0.15, 0.2) is 0 Å². The molecule has 3 nitrogen and oxygen atoms in total. The molecule has 0 atom stereocenters. The van der Waals surface area contributed by atoms with Crippen LogP contribution in [0.15, 0.2) is 48.5 Å². The van der Waals surface area contributed by atoms with E-state index >= 15 is 0 Å². The van der Waals surface area contributed by atoms with Crippen molar-refractivity contribution in [3.63, 3.8) is 0 Å². The Kier molecular flexibility index (Phi) is 4.81. The van der Waals surface area contributed by atoms with Crippen molar-refractivity contribution in [2.24, 2.45) is 0 Å². The van der Waals surface area contributed by atoms with E-state index in [1.807, 2.05) is 38.1 Å². The van der Waals surface area contributed by atoms with Gasteiger partial charge in [-0.3, -0.25) is 4.79 Å². The van der Waals surface area contributed by atoms with Gasteiger partial charge in [-0.2, -0.15) is 0 Å². The molecule has 22 heavy (non-hydrogen) atoms. The number of carbonyl (C=O) groups is 1. The Morgan fingerprint density at radius 2 is 1.77 bits per heavy atom. The van der Waals surface area contributed by atoms with Crippen LogP contribution < -0.4 is 10.1 Å². The first-order valence-corrected chi connectivity index (χ1v) is 7.11. The number of methoxy groups -OCH3 is 1. The number of rotatable bonds is 5. The first kappa shape index (κ1) is 16.0. The molecule has 0 fully saturated rings. The van der Waals surface area contributed by atoms with Crippen molar-refractivity contribution < 1.29 is 13.9 Å². The summed E-state index contributed by atoms with van der Waals surface area (Å²) >= 11 is 0. The molecule has 2 aromatic rings. The minimum atomic E-state index is -0.577. The minimum absolute atomic E-state index is 0.112. The molecule has 0 aromatic heterocycles. The predicted molar refractivity (Wildman–Crippen MR) is 84.3 cm³/mol. The van der Waals surface area contributed by atoms with Crippen molar-refractivity contribution in [3.8, 4) is 5.75 Å². The van der Waals surface area contributed by atoms with E-state index in [2.05, 4.69) is 5.32 Å². The number of hydrogen-bond donors (Lipinski definition) is 1. The lowest BCUT2D eigenvalue weighted by Crippen LogP contribution is -2.41. The third-order valence-electron chi connectivity index (χ3n) is 3.56. The van der Waals surface area contributed by atoms with Crippen molar-refractivity contribution in [2.75, 3.05) is 7.11 Å². The topological polar surface area (TPSA) is 38.3 Å². The largest absolute Gasteiger partial charge is 0.496 e. The molecule has 2 aromatic carbocycles. The zero-order valence-corrected chi connectivity index (χ0v) is 13.0. The van der Waals surface area contributed by atoms with Gasteiger partial charge in [-0.05, 0) is 37.6 Å². The Labute approximate surface area is 130 Å². The Morgan fingerprint density at radius 3 is 2.41 bits per heavy atom. The fraction of sp³-hybridized carbons (Fsp3) is 0.278. The smallest absolute Gasteiger partial charge is 0.225 e. The van der Waals surface area contributed by atoms with Crippen LogP contribution in [-0.2, 0) is 16.8 Å². The Hall–Kier alpha value is -2.36. The second kappa shape index (κ2) is 6.60. The van der Waals surface area contributed by atoms with Crippen LogP contribution in [0.5, 0.6) is 5.75 Å². The Morgan fingerprint density at radius 1 is 1.14 bits per heavy atom. The number of nitrogens with one attached hydrogen (secondary N) is 1. The van der Waals surface area contributed by atoms with Crippen LogP contribution in [0.4, 0.5) is 4.39 Å². The van der Waals surface area contributed by atoms with Crippen LogP contribution >= 0.6 is 0 Å². The van der Waals surface area contributed by atoms with Crippen LogP contribution in [0.1, 0.15) is 25.0 Å². The van der Waals surface area contributed by atoms with E-state index in [1.54, 1.807) is 19.2 Å². The van der Waals surface area contributed by atoms with Gasteiger partial charge in [0, 0.05) is 5.56 Å². The molecule has 0 aliphatic heterocycles. The van der Waals surface area contributed by atoms with Crippen LogP contribution in [0.2, 0.25) is 0 Å². The molecule has 4 heteroatoms. The molecule has 116 valence electrons. The normalized spacial score (nSPS) is 11.1. The maximum Gasteiger partial charge on any atom is 0.225 e. The zero-order chi connectivity index (χ0) is 16.2. The summed E-state index contributed by atoms with van der Waals surface area (Å²) in [5.74, 6) is 0.288. The Bertz CT molecular complexity index is 650. The SMILES string of the molecule is COc1ccccc1CC(=O)NC(C)(C)c1ccc(F)cc1. The van der Waals surface area contributed by atoms with Gasteiger partial charge in [0.05, 0.1) is 19.1 Å². The molecule has 0 radical (unpaired) electrons. The van der Waals surface area contributed by atoms with Gasteiger partial charge in [-0.1, -0.05) is 30.3 Å². The lowest BCUT2D eigenvalue weighted by atomic mass is 9.94. The van der Waals surface area contributed by atoms with Crippen molar-refractivity contribution >= 4 is 5.91 Å². The number of para-hydroxylation sites is 1. The maximum atomic E-state index is 13.0. The summed E-state index contributed by atoms with van der Waals surface area (Å²) in [7, 11) is 1.58. The first-order valence-electron chi connectivity index (χ1n) is 7.11. The van der Waals surface area contributed by atoms with Crippen molar-refractivity contribution in [1.29, 1.82) is 0 Å². The molecule has 0 spiro atoms. The minimum Gasteiger partial charge on any atom is -0.496 e. The standard InChI is InChI=1S/C18H20FNO2/c1-18(2,14-8-10-15(19)11-9-14)20-17(21)12-13-6-4-5-7-16(13)22-3/h4-11H,12H2,1-3H3,(H,20,21). The Balaban J connectivity index is 2.09. The third kappa shape index (κ3) is 3.85. The van der Waals surface area contributed by atoms with E-state index in [0.29, 0.717) is 5.75 Å². The van der Waals surface area contributed by atoms with Gasteiger partial charge in [0.25, 0.3) is 0 Å². The van der Waals surface area contributed by atoms with Crippen LogP contribution in [-0.4, -0.2) is 13.0 Å². The number of amides is 1. The molecule has 0 saturated heterocycles. The summed E-state index contributed by atoms with van der Waals surface area (Å²) in [5.41, 5.74) is 1.10. The van der Waals surface area contributed by atoms with E-state index < -0.39 is 5.54 Å². The van der Waals surface area contributed by atoms with Crippen molar-refractivity contribution in [2.45, 2.75) is 25.8 Å². The molecule has 2 rings (SSSR count).